The van der Waals surface area contributed by atoms with Gasteiger partial charge in [-0.15, -0.1) is 0 Å². The first-order chi connectivity index (χ1) is 5.68. The van der Waals surface area contributed by atoms with Crippen LogP contribution in [0.5, 0.6) is 0 Å². The molecule has 0 spiro atoms. The largest absolute Gasteiger partial charge is 0.481 e. The second-order valence-corrected chi connectivity index (χ2v) is 3.02. The highest BCUT2D eigenvalue weighted by Gasteiger charge is 2.09. The summed E-state index contributed by atoms with van der Waals surface area (Å²) in [4.78, 5) is 10.3. The molecule has 0 aliphatic carbocycles. The van der Waals surface area contributed by atoms with Crippen molar-refractivity contribution >= 4 is 5.97 Å². The molecule has 72 valence electrons. The Bertz CT molecular complexity index is 123. The third kappa shape index (κ3) is 6.16. The van der Waals surface area contributed by atoms with Gasteiger partial charge in [-0.1, -0.05) is 19.8 Å². The first kappa shape index (κ1) is 11.4. The first-order valence-corrected chi connectivity index (χ1v) is 4.49. The van der Waals surface area contributed by atoms with E-state index in [2.05, 4.69) is 6.92 Å². The van der Waals surface area contributed by atoms with Crippen molar-refractivity contribution in [1.82, 2.24) is 0 Å². The number of carboxylic acid groups (broad SMARTS) is 1. The maximum atomic E-state index is 10.3. The second kappa shape index (κ2) is 7.10. The molecule has 1 atom stereocenters. The van der Waals surface area contributed by atoms with Crippen molar-refractivity contribution in [2.24, 2.45) is 5.92 Å². The van der Waals surface area contributed by atoms with Crippen LogP contribution in [0.15, 0.2) is 0 Å². The van der Waals surface area contributed by atoms with Gasteiger partial charge in [0.05, 0.1) is 12.5 Å². The highest BCUT2D eigenvalue weighted by atomic mass is 16.5. The molecule has 0 rings (SSSR count). The van der Waals surface area contributed by atoms with Gasteiger partial charge in [0.15, 0.2) is 0 Å². The molecule has 1 N–H and O–H groups in total. The van der Waals surface area contributed by atoms with Crippen molar-refractivity contribution in [3.05, 3.63) is 0 Å². The van der Waals surface area contributed by atoms with E-state index in [4.69, 9.17) is 9.84 Å². The zero-order chi connectivity index (χ0) is 9.40. The van der Waals surface area contributed by atoms with Gasteiger partial charge in [-0.25, -0.2) is 0 Å². The predicted octanol–water partition coefficient (Wildman–Crippen LogP) is 1.91. The standard InChI is InChI=1S/C9H18O3/c1-3-4-5-6-12-7-8(2)9(10)11/h8H,3-7H2,1-2H3,(H,10,11). The summed E-state index contributed by atoms with van der Waals surface area (Å²) in [6.07, 6.45) is 3.35. The summed E-state index contributed by atoms with van der Waals surface area (Å²) in [6.45, 7) is 4.80. The summed E-state index contributed by atoms with van der Waals surface area (Å²) in [5.74, 6) is -1.17. The fraction of sp³-hybridized carbons (Fsp3) is 0.889. The van der Waals surface area contributed by atoms with Crippen molar-refractivity contribution in [3.63, 3.8) is 0 Å². The SMILES string of the molecule is CCCCCOCC(C)C(=O)O. The Morgan fingerprint density at radius 2 is 2.17 bits per heavy atom. The third-order valence-corrected chi connectivity index (χ3v) is 1.68. The van der Waals surface area contributed by atoms with Gasteiger partial charge in [0.25, 0.3) is 0 Å². The van der Waals surface area contributed by atoms with Crippen LogP contribution in [0.1, 0.15) is 33.1 Å². The highest BCUT2D eigenvalue weighted by molar-refractivity contribution is 5.69. The van der Waals surface area contributed by atoms with E-state index in [0.29, 0.717) is 13.2 Å². The number of rotatable bonds is 7. The molecule has 0 aromatic heterocycles. The number of hydrogen-bond donors (Lipinski definition) is 1. The van der Waals surface area contributed by atoms with Crippen molar-refractivity contribution in [1.29, 1.82) is 0 Å². The Hall–Kier alpha value is -0.570. The molecule has 0 saturated carbocycles. The Balaban J connectivity index is 3.14. The Labute approximate surface area is 73.7 Å². The normalized spacial score (nSPS) is 12.8. The maximum Gasteiger partial charge on any atom is 0.308 e. The molecule has 0 radical (unpaired) electrons. The van der Waals surface area contributed by atoms with E-state index in [1.807, 2.05) is 0 Å². The summed E-state index contributed by atoms with van der Waals surface area (Å²) in [5, 5.41) is 8.50. The van der Waals surface area contributed by atoms with E-state index in [-0.39, 0.29) is 5.92 Å². The van der Waals surface area contributed by atoms with E-state index >= 15 is 0 Å². The lowest BCUT2D eigenvalue weighted by molar-refractivity contribution is -0.143. The lowest BCUT2D eigenvalue weighted by atomic mass is 10.2. The second-order valence-electron chi connectivity index (χ2n) is 3.02. The van der Waals surface area contributed by atoms with Crippen LogP contribution in [0.25, 0.3) is 0 Å². The molecule has 0 aromatic rings. The molecular formula is C9H18O3. The van der Waals surface area contributed by atoms with Gasteiger partial charge in [-0.3, -0.25) is 4.79 Å². The Morgan fingerprint density at radius 3 is 2.67 bits per heavy atom. The van der Waals surface area contributed by atoms with Gasteiger partial charge < -0.3 is 9.84 Å². The van der Waals surface area contributed by atoms with Gasteiger partial charge in [0, 0.05) is 6.61 Å². The molecule has 12 heavy (non-hydrogen) atoms. The number of ether oxygens (including phenoxy) is 1. The fourth-order valence-electron chi connectivity index (χ4n) is 0.786. The number of unbranched alkanes of at least 4 members (excludes halogenated alkanes) is 2. The number of carbonyl (C=O) groups is 1. The zero-order valence-corrected chi connectivity index (χ0v) is 7.88. The fourth-order valence-corrected chi connectivity index (χ4v) is 0.786. The number of carboxylic acids is 1. The molecule has 3 nitrogen and oxygen atoms in total. The van der Waals surface area contributed by atoms with E-state index in [1.165, 1.54) is 0 Å². The summed E-state index contributed by atoms with van der Waals surface area (Å²) in [7, 11) is 0. The van der Waals surface area contributed by atoms with Gasteiger partial charge in [0.1, 0.15) is 0 Å². The molecule has 0 fully saturated rings. The molecule has 0 amide bonds. The summed E-state index contributed by atoms with van der Waals surface area (Å²) in [5.41, 5.74) is 0. The minimum absolute atomic E-state index is 0.332. The van der Waals surface area contributed by atoms with Crippen LogP contribution in [0, 0.1) is 5.92 Å². The Morgan fingerprint density at radius 1 is 1.50 bits per heavy atom. The Kier molecular flexibility index (Phi) is 6.76. The topological polar surface area (TPSA) is 46.5 Å². The molecule has 0 aromatic carbocycles. The number of hydrogen-bond acceptors (Lipinski definition) is 2. The molecule has 3 heteroatoms. The molecular weight excluding hydrogens is 156 g/mol. The van der Waals surface area contributed by atoms with Crippen molar-refractivity contribution < 1.29 is 14.6 Å². The van der Waals surface area contributed by atoms with E-state index in [1.54, 1.807) is 6.92 Å². The van der Waals surface area contributed by atoms with Crippen molar-refractivity contribution in [2.75, 3.05) is 13.2 Å². The minimum atomic E-state index is -0.787. The van der Waals surface area contributed by atoms with Gasteiger partial charge in [-0.05, 0) is 13.3 Å². The van der Waals surface area contributed by atoms with E-state index in [9.17, 15) is 4.79 Å². The highest BCUT2D eigenvalue weighted by Crippen LogP contribution is 1.98. The molecule has 0 bridgehead atoms. The summed E-state index contributed by atoms with van der Waals surface area (Å²) >= 11 is 0. The average molecular weight is 174 g/mol. The average Bonchev–Trinajstić information content (AvgIpc) is 2.03. The van der Waals surface area contributed by atoms with E-state index in [0.717, 1.165) is 19.3 Å². The smallest absolute Gasteiger partial charge is 0.308 e. The first-order valence-electron chi connectivity index (χ1n) is 4.49. The number of aliphatic carboxylic acids is 1. The molecule has 0 aliphatic heterocycles. The molecule has 0 heterocycles. The van der Waals surface area contributed by atoms with Crippen LogP contribution in [-0.2, 0) is 9.53 Å². The van der Waals surface area contributed by atoms with Crippen molar-refractivity contribution in [3.8, 4) is 0 Å². The monoisotopic (exact) mass is 174 g/mol. The van der Waals surface area contributed by atoms with Crippen LogP contribution < -0.4 is 0 Å². The third-order valence-electron chi connectivity index (χ3n) is 1.68. The summed E-state index contributed by atoms with van der Waals surface area (Å²) < 4.78 is 5.18. The molecule has 0 saturated heterocycles. The van der Waals surface area contributed by atoms with E-state index < -0.39 is 5.97 Å². The molecule has 1 unspecified atom stereocenters. The van der Waals surface area contributed by atoms with Crippen LogP contribution in [-0.4, -0.2) is 24.3 Å². The van der Waals surface area contributed by atoms with Gasteiger partial charge in [0.2, 0.25) is 0 Å². The van der Waals surface area contributed by atoms with Gasteiger partial charge >= 0.3 is 5.97 Å². The van der Waals surface area contributed by atoms with Crippen LogP contribution in [0.4, 0.5) is 0 Å². The van der Waals surface area contributed by atoms with Crippen molar-refractivity contribution in [2.45, 2.75) is 33.1 Å². The van der Waals surface area contributed by atoms with Crippen LogP contribution >= 0.6 is 0 Å². The molecule has 0 aliphatic rings. The minimum Gasteiger partial charge on any atom is -0.481 e. The summed E-state index contributed by atoms with van der Waals surface area (Å²) in [6, 6.07) is 0. The quantitative estimate of drug-likeness (QED) is 0.600. The predicted molar refractivity (Wildman–Crippen MR) is 47.1 cm³/mol. The lowest BCUT2D eigenvalue weighted by Gasteiger charge is -2.06. The van der Waals surface area contributed by atoms with Crippen LogP contribution in [0.2, 0.25) is 0 Å². The lowest BCUT2D eigenvalue weighted by Crippen LogP contribution is -2.16. The van der Waals surface area contributed by atoms with Crippen LogP contribution in [0.3, 0.4) is 0 Å². The maximum absolute atomic E-state index is 10.3. The van der Waals surface area contributed by atoms with Gasteiger partial charge in [-0.2, -0.15) is 0 Å². The zero-order valence-electron chi connectivity index (χ0n) is 7.88.